The molecule has 0 saturated carbocycles. The fourth-order valence-electron chi connectivity index (χ4n) is 4.57. The first kappa shape index (κ1) is 22.7. The fraction of sp³-hybridized carbons (Fsp3) is 0.455. The Morgan fingerprint density at radius 2 is 1.91 bits per heavy atom. The summed E-state index contributed by atoms with van der Waals surface area (Å²) < 4.78 is 48.1. The molecule has 1 aromatic carbocycles. The second-order valence-corrected chi connectivity index (χ2v) is 9.48. The minimum atomic E-state index is -4.96. The normalized spacial score (nSPS) is 18.0. The van der Waals surface area contributed by atoms with Gasteiger partial charge in [-0.25, -0.2) is 0 Å². The van der Waals surface area contributed by atoms with Crippen molar-refractivity contribution in [2.24, 2.45) is 0 Å². The van der Waals surface area contributed by atoms with Gasteiger partial charge in [-0.15, -0.1) is 0 Å². The van der Waals surface area contributed by atoms with Crippen LogP contribution in [-0.4, -0.2) is 40.3 Å². The maximum absolute atomic E-state index is 14.2. The van der Waals surface area contributed by atoms with Crippen LogP contribution in [0.2, 0.25) is 5.02 Å². The topological polar surface area (TPSA) is 91.4 Å². The number of alkyl halides is 3. The van der Waals surface area contributed by atoms with Crippen molar-refractivity contribution in [2.45, 2.75) is 56.7 Å². The summed E-state index contributed by atoms with van der Waals surface area (Å²) in [5.41, 5.74) is -2.59. The van der Waals surface area contributed by atoms with Crippen molar-refractivity contribution in [1.82, 2.24) is 10.3 Å². The molecule has 2 aliphatic heterocycles. The number of fused-ring (bicyclic) bond motifs is 2. The zero-order valence-corrected chi connectivity index (χ0v) is 18.2. The van der Waals surface area contributed by atoms with E-state index in [0.717, 1.165) is 5.56 Å². The monoisotopic (exact) mass is 470 g/mol. The molecule has 0 bridgehead atoms. The molecule has 4 rings (SSSR count). The number of aliphatic hydroxyl groups is 1. The number of aromatic nitrogens is 1. The summed E-state index contributed by atoms with van der Waals surface area (Å²) in [4.78, 5) is 26.2. The smallest absolute Gasteiger partial charge is 0.417 e. The predicted octanol–water partition coefficient (Wildman–Crippen LogP) is 3.62. The number of amides is 2. The van der Waals surface area contributed by atoms with Crippen molar-refractivity contribution < 1.29 is 32.6 Å². The van der Waals surface area contributed by atoms with Gasteiger partial charge in [-0.05, 0) is 35.6 Å². The third-order valence-electron chi connectivity index (χ3n) is 6.01. The van der Waals surface area contributed by atoms with Gasteiger partial charge in [0.05, 0.1) is 18.6 Å². The van der Waals surface area contributed by atoms with Crippen LogP contribution < -0.4 is 10.1 Å². The number of imide groups is 1. The summed E-state index contributed by atoms with van der Waals surface area (Å²) in [6.07, 6.45) is -5.98. The summed E-state index contributed by atoms with van der Waals surface area (Å²) in [6, 6.07) is 4.56. The number of benzene rings is 1. The lowest BCUT2D eigenvalue weighted by Gasteiger charge is -2.38. The molecule has 10 heteroatoms. The summed E-state index contributed by atoms with van der Waals surface area (Å²) in [5.74, 6) is -0.714. The molecular formula is C22H22ClF3N2O4. The Hall–Kier alpha value is -2.52. The van der Waals surface area contributed by atoms with Crippen LogP contribution in [0.4, 0.5) is 13.2 Å². The van der Waals surface area contributed by atoms with Gasteiger partial charge in [0.1, 0.15) is 5.75 Å². The lowest BCUT2D eigenvalue weighted by Crippen LogP contribution is -2.51. The first-order valence-corrected chi connectivity index (χ1v) is 10.5. The molecule has 2 aliphatic rings. The molecule has 0 radical (unpaired) electrons. The van der Waals surface area contributed by atoms with Crippen LogP contribution in [0.1, 0.15) is 53.1 Å². The molecule has 172 valence electrons. The number of carbonyl (C=O) groups is 2. The Kier molecular flexibility index (Phi) is 5.33. The second kappa shape index (κ2) is 7.52. The van der Waals surface area contributed by atoms with E-state index in [9.17, 15) is 27.9 Å². The number of halogens is 4. The highest BCUT2D eigenvalue weighted by molar-refractivity contribution is 6.30. The fourth-order valence-corrected chi connectivity index (χ4v) is 4.81. The molecule has 3 N–H and O–H groups in total. The van der Waals surface area contributed by atoms with E-state index < -0.39 is 41.8 Å². The lowest BCUT2D eigenvalue weighted by atomic mass is 9.73. The number of carbonyl (C=O) groups excluding carboxylic acids is 2. The van der Waals surface area contributed by atoms with E-state index in [1.165, 1.54) is 6.07 Å². The van der Waals surface area contributed by atoms with Crippen LogP contribution in [0.15, 0.2) is 18.2 Å². The van der Waals surface area contributed by atoms with Gasteiger partial charge < -0.3 is 14.8 Å². The van der Waals surface area contributed by atoms with Crippen LogP contribution in [0.5, 0.6) is 5.75 Å². The molecule has 6 nitrogen and oxygen atoms in total. The zero-order chi connectivity index (χ0) is 23.5. The molecule has 32 heavy (non-hydrogen) atoms. The van der Waals surface area contributed by atoms with Gasteiger partial charge in [0.15, 0.2) is 5.60 Å². The summed E-state index contributed by atoms with van der Waals surface area (Å²) in [5, 5.41) is 13.4. The van der Waals surface area contributed by atoms with Crippen LogP contribution >= 0.6 is 11.6 Å². The number of rotatable bonds is 5. The lowest BCUT2D eigenvalue weighted by molar-refractivity contribution is -0.266. The van der Waals surface area contributed by atoms with E-state index in [0.29, 0.717) is 29.4 Å². The van der Waals surface area contributed by atoms with E-state index in [1.807, 2.05) is 0 Å². The SMILES string of the molecule is CC(C)(CC(O)(Cc1cc2c([nH]1)CC(=O)NC2=O)C(F)(F)F)c1cc(Cl)cc2c1OCC2. The van der Waals surface area contributed by atoms with Crippen molar-refractivity contribution in [3.8, 4) is 5.75 Å². The Labute approximate surface area is 187 Å². The number of nitrogens with one attached hydrogen (secondary N) is 2. The largest absolute Gasteiger partial charge is 0.493 e. The number of hydrogen-bond donors (Lipinski definition) is 3. The van der Waals surface area contributed by atoms with Gasteiger partial charge in [0.25, 0.3) is 5.91 Å². The highest BCUT2D eigenvalue weighted by Crippen LogP contribution is 2.47. The van der Waals surface area contributed by atoms with Gasteiger partial charge in [-0.2, -0.15) is 13.2 Å². The van der Waals surface area contributed by atoms with Crippen LogP contribution in [0.3, 0.4) is 0 Å². The molecule has 0 saturated heterocycles. The summed E-state index contributed by atoms with van der Waals surface area (Å²) in [6.45, 7) is 3.61. The number of aromatic amines is 1. The third-order valence-corrected chi connectivity index (χ3v) is 6.23. The van der Waals surface area contributed by atoms with Gasteiger partial charge in [-0.1, -0.05) is 25.4 Å². The average Bonchev–Trinajstić information content (AvgIpc) is 3.25. The molecule has 0 fully saturated rings. The van der Waals surface area contributed by atoms with Crippen molar-refractivity contribution in [3.63, 3.8) is 0 Å². The van der Waals surface area contributed by atoms with E-state index in [2.05, 4.69) is 10.3 Å². The molecule has 1 aromatic heterocycles. The zero-order valence-electron chi connectivity index (χ0n) is 17.5. The van der Waals surface area contributed by atoms with Gasteiger partial charge in [0.2, 0.25) is 5.91 Å². The van der Waals surface area contributed by atoms with E-state index >= 15 is 0 Å². The van der Waals surface area contributed by atoms with Crippen molar-refractivity contribution in [1.29, 1.82) is 0 Å². The Morgan fingerprint density at radius 3 is 2.59 bits per heavy atom. The number of H-pyrrole nitrogens is 1. The minimum Gasteiger partial charge on any atom is -0.493 e. The van der Waals surface area contributed by atoms with Gasteiger partial charge >= 0.3 is 6.18 Å². The molecule has 2 amide bonds. The molecule has 0 spiro atoms. The molecular weight excluding hydrogens is 449 g/mol. The summed E-state index contributed by atoms with van der Waals surface area (Å²) >= 11 is 6.20. The van der Waals surface area contributed by atoms with E-state index in [4.69, 9.17) is 16.3 Å². The minimum absolute atomic E-state index is 0.0167. The van der Waals surface area contributed by atoms with Crippen LogP contribution in [-0.2, 0) is 29.5 Å². The molecule has 3 heterocycles. The summed E-state index contributed by atoms with van der Waals surface area (Å²) in [7, 11) is 0. The number of ether oxygens (including phenoxy) is 1. The Balaban J connectivity index is 1.68. The predicted molar refractivity (Wildman–Crippen MR) is 110 cm³/mol. The quantitative estimate of drug-likeness (QED) is 0.582. The molecule has 1 unspecified atom stereocenters. The van der Waals surface area contributed by atoms with E-state index in [1.54, 1.807) is 26.0 Å². The molecule has 0 aliphatic carbocycles. The van der Waals surface area contributed by atoms with E-state index in [-0.39, 0.29) is 23.4 Å². The van der Waals surface area contributed by atoms with Crippen LogP contribution in [0, 0.1) is 0 Å². The standard InChI is InChI=1S/C22H22ClF3N2O4/c1-20(2,15-6-12(23)5-11-3-4-32-18(11)15)10-21(31,22(24,25)26)9-13-7-14-16(27-13)8-17(29)28-19(14)30/h5-7,27,31H,3-4,8-10H2,1-2H3,(H,28,29,30). The first-order chi connectivity index (χ1) is 14.8. The Morgan fingerprint density at radius 1 is 1.19 bits per heavy atom. The first-order valence-electron chi connectivity index (χ1n) is 10.1. The van der Waals surface area contributed by atoms with Crippen molar-refractivity contribution >= 4 is 23.4 Å². The number of hydrogen-bond acceptors (Lipinski definition) is 4. The second-order valence-electron chi connectivity index (χ2n) is 9.05. The molecule has 2 aromatic rings. The van der Waals surface area contributed by atoms with Crippen molar-refractivity contribution in [2.75, 3.05) is 6.61 Å². The maximum atomic E-state index is 14.2. The van der Waals surface area contributed by atoms with Crippen molar-refractivity contribution in [3.05, 3.63) is 51.3 Å². The maximum Gasteiger partial charge on any atom is 0.417 e. The third kappa shape index (κ3) is 3.99. The van der Waals surface area contributed by atoms with Gasteiger partial charge in [-0.3, -0.25) is 14.9 Å². The molecule has 1 atom stereocenters. The Bertz CT molecular complexity index is 1110. The van der Waals surface area contributed by atoms with Gasteiger partial charge in [0, 0.05) is 34.8 Å². The van der Waals surface area contributed by atoms with Crippen LogP contribution in [0.25, 0.3) is 0 Å². The highest BCUT2D eigenvalue weighted by Gasteiger charge is 2.56. The average molecular weight is 471 g/mol. The highest BCUT2D eigenvalue weighted by atomic mass is 35.5.